The number of imide groups is 1. The maximum absolute atomic E-state index is 12.7. The molecule has 3 aromatic rings. The van der Waals surface area contributed by atoms with Crippen LogP contribution in [-0.2, 0) is 16.1 Å². The highest BCUT2D eigenvalue weighted by atomic mass is 16.5. The summed E-state index contributed by atoms with van der Waals surface area (Å²) in [5, 5.41) is 10.6. The number of aryl methyl sites for hydroxylation is 1. The van der Waals surface area contributed by atoms with E-state index in [4.69, 9.17) is 0 Å². The van der Waals surface area contributed by atoms with Crippen molar-refractivity contribution in [1.29, 1.82) is 0 Å². The zero-order valence-corrected chi connectivity index (χ0v) is 17.7. The summed E-state index contributed by atoms with van der Waals surface area (Å²) in [4.78, 5) is 37.8. The average Bonchev–Trinajstić information content (AvgIpc) is 3.05. The molecule has 6 nitrogen and oxygen atoms in total. The maximum Gasteiger partial charge on any atom is 0.330 e. The first kappa shape index (κ1) is 21.1. The van der Waals surface area contributed by atoms with Crippen molar-refractivity contribution < 1.29 is 24.2 Å². The predicted octanol–water partition coefficient (Wildman–Crippen LogP) is 4.35. The number of phenols is 1. The van der Waals surface area contributed by atoms with Crippen LogP contribution in [0, 0.1) is 6.92 Å². The molecule has 32 heavy (non-hydrogen) atoms. The molecule has 0 aliphatic carbocycles. The Morgan fingerprint density at radius 1 is 0.969 bits per heavy atom. The molecule has 0 atom stereocenters. The highest BCUT2D eigenvalue weighted by Gasteiger charge is 2.35. The third-order valence-corrected chi connectivity index (χ3v) is 5.44. The van der Waals surface area contributed by atoms with E-state index < -0.39 is 5.97 Å². The van der Waals surface area contributed by atoms with E-state index in [1.54, 1.807) is 43.3 Å². The van der Waals surface area contributed by atoms with Gasteiger partial charge in [-0.05, 0) is 59.5 Å². The van der Waals surface area contributed by atoms with Crippen LogP contribution in [0.3, 0.4) is 0 Å². The number of ether oxygens (including phenoxy) is 1. The van der Waals surface area contributed by atoms with Crippen LogP contribution >= 0.6 is 0 Å². The summed E-state index contributed by atoms with van der Waals surface area (Å²) in [6, 6.07) is 17.9. The Balaban J connectivity index is 1.62. The van der Waals surface area contributed by atoms with Gasteiger partial charge in [-0.3, -0.25) is 14.5 Å². The van der Waals surface area contributed by atoms with Gasteiger partial charge in [0.25, 0.3) is 11.8 Å². The number of rotatable bonds is 5. The van der Waals surface area contributed by atoms with Gasteiger partial charge in [0.15, 0.2) is 0 Å². The Labute approximate surface area is 185 Å². The lowest BCUT2D eigenvalue weighted by atomic mass is 9.98. The summed E-state index contributed by atoms with van der Waals surface area (Å²) in [6.07, 6.45) is 3.01. The second kappa shape index (κ2) is 8.51. The molecule has 160 valence electrons. The van der Waals surface area contributed by atoms with Crippen LogP contribution in [0.2, 0.25) is 0 Å². The van der Waals surface area contributed by atoms with Crippen LogP contribution in [0.4, 0.5) is 0 Å². The minimum Gasteiger partial charge on any atom is -0.507 e. The van der Waals surface area contributed by atoms with Gasteiger partial charge in [-0.2, -0.15) is 0 Å². The van der Waals surface area contributed by atoms with Gasteiger partial charge in [-0.15, -0.1) is 0 Å². The number of phenolic OH excluding ortho intramolecular Hbond substituents is 1. The molecular weight excluding hydrogens is 406 g/mol. The zero-order chi connectivity index (χ0) is 22.8. The van der Waals surface area contributed by atoms with Crippen molar-refractivity contribution in [3.63, 3.8) is 0 Å². The fourth-order valence-corrected chi connectivity index (χ4v) is 3.71. The van der Waals surface area contributed by atoms with Crippen molar-refractivity contribution in [3.8, 4) is 16.9 Å². The number of methoxy groups -OCH3 is 1. The molecule has 0 unspecified atom stereocenters. The molecule has 2 amide bonds. The van der Waals surface area contributed by atoms with Crippen LogP contribution in [-0.4, -0.2) is 34.9 Å². The summed E-state index contributed by atoms with van der Waals surface area (Å²) in [5.41, 5.74) is 4.46. The van der Waals surface area contributed by atoms with Crippen molar-refractivity contribution in [3.05, 3.63) is 94.6 Å². The van der Waals surface area contributed by atoms with Gasteiger partial charge < -0.3 is 9.84 Å². The average molecular weight is 427 g/mol. The molecule has 0 spiro atoms. The third kappa shape index (κ3) is 3.90. The smallest absolute Gasteiger partial charge is 0.330 e. The van der Waals surface area contributed by atoms with Crippen molar-refractivity contribution in [2.45, 2.75) is 13.5 Å². The molecule has 0 fully saturated rings. The number of nitrogens with zero attached hydrogens (tertiary/aromatic N) is 1. The highest BCUT2D eigenvalue weighted by molar-refractivity contribution is 6.21. The van der Waals surface area contributed by atoms with Crippen LogP contribution in [0.5, 0.6) is 5.75 Å². The van der Waals surface area contributed by atoms with Crippen molar-refractivity contribution >= 4 is 23.9 Å². The fraction of sp³-hybridized carbons (Fsp3) is 0.115. The standard InChI is InChI=1S/C26H21NO5/c1-16-13-19(18-10-7-17(8-11-18)9-12-23(28)32-2)14-20(24(16)29)15-27-25(30)21-5-3-4-6-22(21)26(27)31/h3-14,29H,15H2,1-2H3/b12-9+. The lowest BCUT2D eigenvalue weighted by Gasteiger charge is -2.17. The number of aromatic hydroxyl groups is 1. The highest BCUT2D eigenvalue weighted by Crippen LogP contribution is 2.33. The van der Waals surface area contributed by atoms with Crippen LogP contribution in [0.15, 0.2) is 66.7 Å². The van der Waals surface area contributed by atoms with E-state index in [2.05, 4.69) is 4.74 Å². The molecule has 1 heterocycles. The number of hydrogen-bond acceptors (Lipinski definition) is 5. The second-order valence-corrected chi connectivity index (χ2v) is 7.52. The summed E-state index contributed by atoms with van der Waals surface area (Å²) >= 11 is 0. The van der Waals surface area contributed by atoms with Gasteiger partial charge in [-0.25, -0.2) is 4.79 Å². The normalized spacial score (nSPS) is 13.0. The summed E-state index contributed by atoms with van der Waals surface area (Å²) < 4.78 is 4.59. The van der Waals surface area contributed by atoms with Gasteiger partial charge in [0, 0.05) is 11.6 Å². The molecular formula is C26H21NO5. The van der Waals surface area contributed by atoms with Crippen LogP contribution in [0.1, 0.15) is 37.4 Å². The first-order chi connectivity index (χ1) is 15.4. The largest absolute Gasteiger partial charge is 0.507 e. The summed E-state index contributed by atoms with van der Waals surface area (Å²) in [5.74, 6) is -1.10. The summed E-state index contributed by atoms with van der Waals surface area (Å²) in [7, 11) is 1.32. The predicted molar refractivity (Wildman–Crippen MR) is 120 cm³/mol. The Hall–Kier alpha value is -4.19. The van der Waals surface area contributed by atoms with E-state index in [0.717, 1.165) is 21.6 Å². The molecule has 0 saturated heterocycles. The molecule has 0 saturated carbocycles. The topological polar surface area (TPSA) is 83.9 Å². The fourth-order valence-electron chi connectivity index (χ4n) is 3.71. The molecule has 0 bridgehead atoms. The van der Waals surface area contributed by atoms with E-state index in [0.29, 0.717) is 22.3 Å². The minimum absolute atomic E-state index is 0.0210. The zero-order valence-electron chi connectivity index (χ0n) is 17.7. The van der Waals surface area contributed by atoms with Gasteiger partial charge in [-0.1, -0.05) is 36.4 Å². The lowest BCUT2D eigenvalue weighted by Crippen LogP contribution is -2.29. The molecule has 3 aromatic carbocycles. The van der Waals surface area contributed by atoms with Gasteiger partial charge >= 0.3 is 5.97 Å². The number of fused-ring (bicyclic) bond motifs is 1. The summed E-state index contributed by atoms with van der Waals surface area (Å²) in [6.45, 7) is 1.75. The number of amides is 2. The third-order valence-electron chi connectivity index (χ3n) is 5.44. The number of carbonyl (C=O) groups excluding carboxylic acids is 3. The molecule has 6 heteroatoms. The monoisotopic (exact) mass is 427 g/mol. The quantitative estimate of drug-likeness (QED) is 0.372. The van der Waals surface area contributed by atoms with Gasteiger partial charge in [0.05, 0.1) is 24.8 Å². The number of carbonyl (C=O) groups is 3. The molecule has 0 radical (unpaired) electrons. The molecule has 1 aliphatic rings. The molecule has 0 aromatic heterocycles. The van der Waals surface area contributed by atoms with E-state index in [1.165, 1.54) is 13.2 Å². The second-order valence-electron chi connectivity index (χ2n) is 7.52. The Bertz CT molecular complexity index is 1220. The van der Waals surface area contributed by atoms with E-state index in [-0.39, 0.29) is 24.1 Å². The van der Waals surface area contributed by atoms with E-state index in [1.807, 2.05) is 30.3 Å². The first-order valence-electron chi connectivity index (χ1n) is 10.0. The van der Waals surface area contributed by atoms with Crippen LogP contribution < -0.4 is 0 Å². The Morgan fingerprint density at radius 2 is 1.59 bits per heavy atom. The Kier molecular flexibility index (Phi) is 5.60. The lowest BCUT2D eigenvalue weighted by molar-refractivity contribution is -0.134. The molecule has 4 rings (SSSR count). The van der Waals surface area contributed by atoms with Crippen molar-refractivity contribution in [1.82, 2.24) is 4.90 Å². The van der Waals surface area contributed by atoms with Crippen molar-refractivity contribution in [2.75, 3.05) is 7.11 Å². The van der Waals surface area contributed by atoms with E-state index in [9.17, 15) is 19.5 Å². The number of benzene rings is 3. The minimum atomic E-state index is -0.430. The van der Waals surface area contributed by atoms with Crippen LogP contribution in [0.25, 0.3) is 17.2 Å². The molecule has 1 aliphatic heterocycles. The first-order valence-corrected chi connectivity index (χ1v) is 10.0. The number of hydrogen-bond donors (Lipinski definition) is 1. The Morgan fingerprint density at radius 3 is 2.19 bits per heavy atom. The SMILES string of the molecule is COC(=O)/C=C/c1ccc(-c2cc(C)c(O)c(CN3C(=O)c4ccccc4C3=O)c2)cc1. The van der Waals surface area contributed by atoms with Crippen molar-refractivity contribution in [2.24, 2.45) is 0 Å². The van der Waals surface area contributed by atoms with Gasteiger partial charge in [0.2, 0.25) is 0 Å². The van der Waals surface area contributed by atoms with E-state index >= 15 is 0 Å². The molecule has 1 N–H and O–H groups in total. The van der Waals surface area contributed by atoms with Gasteiger partial charge in [0.1, 0.15) is 5.75 Å². The number of esters is 1. The maximum atomic E-state index is 12.7.